The van der Waals surface area contributed by atoms with Crippen molar-refractivity contribution < 1.29 is 24.6 Å². The summed E-state index contributed by atoms with van der Waals surface area (Å²) in [6, 6.07) is 7.87. The number of aromatic nitrogens is 1. The van der Waals surface area contributed by atoms with E-state index in [1.165, 1.54) is 0 Å². The fraction of sp³-hybridized carbons (Fsp3) is 0.476. The van der Waals surface area contributed by atoms with E-state index < -0.39 is 18.0 Å². The highest BCUT2D eigenvalue weighted by molar-refractivity contribution is 5.90. The van der Waals surface area contributed by atoms with Crippen LogP contribution in [0, 0.1) is 5.92 Å². The Morgan fingerprint density at radius 2 is 2.11 bits per heavy atom. The van der Waals surface area contributed by atoms with Gasteiger partial charge in [0.1, 0.15) is 12.0 Å². The molecule has 144 valence electrons. The molecule has 1 saturated heterocycles. The maximum absolute atomic E-state index is 12.7. The number of carboxylic acids is 1. The summed E-state index contributed by atoms with van der Waals surface area (Å²) < 4.78 is 0.822. The van der Waals surface area contributed by atoms with E-state index in [0.717, 1.165) is 46.0 Å². The largest absolute Gasteiger partial charge is 0.480 e. The van der Waals surface area contributed by atoms with E-state index in [-0.39, 0.29) is 12.5 Å². The van der Waals surface area contributed by atoms with Gasteiger partial charge in [0.25, 0.3) is 0 Å². The Morgan fingerprint density at radius 3 is 2.81 bits per heavy atom. The first kappa shape index (κ1) is 18.2. The highest BCUT2D eigenvalue weighted by Gasteiger charge is 2.55. The van der Waals surface area contributed by atoms with Crippen LogP contribution in [0.2, 0.25) is 0 Å². The number of fused-ring (bicyclic) bond motifs is 4. The predicted octanol–water partition coefficient (Wildman–Crippen LogP) is 1.42. The molecule has 4 N–H and O–H groups in total. The third-order valence-electron chi connectivity index (χ3n) is 6.71. The van der Waals surface area contributed by atoms with E-state index in [0.29, 0.717) is 18.7 Å². The Kier molecular flexibility index (Phi) is 4.37. The molecule has 6 heteroatoms. The van der Waals surface area contributed by atoms with E-state index in [4.69, 9.17) is 0 Å². The van der Waals surface area contributed by atoms with Crippen molar-refractivity contribution in [2.75, 3.05) is 39.9 Å². The van der Waals surface area contributed by atoms with Gasteiger partial charge in [-0.25, -0.2) is 0 Å². The monoisotopic (exact) mass is 371 g/mol. The molecule has 0 saturated carbocycles. The van der Waals surface area contributed by atoms with Gasteiger partial charge in [0.15, 0.2) is 0 Å². The first-order valence-corrected chi connectivity index (χ1v) is 9.53. The number of nitrogens with one attached hydrogen (secondary N) is 1. The Balaban J connectivity index is 2.04. The standard InChI is InChI=1S/C21H26N2O4/c1-23-9-6-16-15-4-2-3-5-18(15)22-19(16)21(13-25,20(26)27)17(7-10-23)14(12-23)8-11-24/h2-5,8,17,22,24-25H,6-7,9-13H2,1H3/p+1/b14-8-/t17-,21+,23+/m0/s1. The van der Waals surface area contributed by atoms with E-state index in [1.807, 2.05) is 24.3 Å². The molecule has 3 aliphatic heterocycles. The molecule has 6 nitrogen and oxygen atoms in total. The number of aliphatic carboxylic acids is 1. The summed E-state index contributed by atoms with van der Waals surface area (Å²) >= 11 is 0. The van der Waals surface area contributed by atoms with Crippen LogP contribution in [-0.4, -0.2) is 70.7 Å². The summed E-state index contributed by atoms with van der Waals surface area (Å²) in [6.45, 7) is 1.88. The Hall–Kier alpha value is -2.15. The molecule has 0 unspecified atom stereocenters. The van der Waals surface area contributed by atoms with Gasteiger partial charge >= 0.3 is 5.97 Å². The van der Waals surface area contributed by atoms with E-state index in [2.05, 4.69) is 12.0 Å². The van der Waals surface area contributed by atoms with Crippen molar-refractivity contribution in [3.63, 3.8) is 0 Å². The first-order valence-electron chi connectivity index (χ1n) is 9.53. The second-order valence-corrected chi connectivity index (χ2v) is 8.24. The number of aliphatic hydroxyl groups excluding tert-OH is 2. The van der Waals surface area contributed by atoms with Gasteiger partial charge < -0.3 is 24.8 Å². The van der Waals surface area contributed by atoms with Crippen LogP contribution in [0.25, 0.3) is 10.9 Å². The summed E-state index contributed by atoms with van der Waals surface area (Å²) in [5.74, 6) is -1.35. The van der Waals surface area contributed by atoms with E-state index >= 15 is 0 Å². The van der Waals surface area contributed by atoms with Gasteiger partial charge in [-0.1, -0.05) is 24.3 Å². The number of carbonyl (C=O) groups is 1. The number of piperidine rings is 1. The summed E-state index contributed by atoms with van der Waals surface area (Å²) in [5.41, 5.74) is 2.05. The van der Waals surface area contributed by atoms with Crippen LogP contribution < -0.4 is 0 Å². The van der Waals surface area contributed by atoms with Gasteiger partial charge in [-0.05, 0) is 17.2 Å². The zero-order valence-electron chi connectivity index (χ0n) is 15.6. The smallest absolute Gasteiger partial charge is 0.318 e. The number of hydrogen-bond acceptors (Lipinski definition) is 3. The average Bonchev–Trinajstić information content (AvgIpc) is 3.03. The normalized spacial score (nSPS) is 32.1. The molecule has 27 heavy (non-hydrogen) atoms. The Labute approximate surface area is 158 Å². The van der Waals surface area contributed by atoms with Crippen molar-refractivity contribution >= 4 is 16.9 Å². The van der Waals surface area contributed by atoms with Crippen molar-refractivity contribution in [3.05, 3.63) is 47.2 Å². The number of H-pyrrole nitrogens is 1. The Bertz CT molecular complexity index is 918. The lowest BCUT2D eigenvalue weighted by Crippen LogP contribution is -2.56. The number of aromatic amines is 1. The highest BCUT2D eigenvalue weighted by Crippen LogP contribution is 2.46. The lowest BCUT2D eigenvalue weighted by Gasteiger charge is -2.45. The van der Waals surface area contributed by atoms with E-state index in [1.54, 1.807) is 6.08 Å². The van der Waals surface area contributed by atoms with Crippen LogP contribution in [-0.2, 0) is 16.6 Å². The molecule has 1 aromatic heterocycles. The second-order valence-electron chi connectivity index (χ2n) is 8.24. The minimum atomic E-state index is -1.43. The third kappa shape index (κ3) is 2.63. The molecular weight excluding hydrogens is 344 g/mol. The lowest BCUT2D eigenvalue weighted by atomic mass is 9.66. The van der Waals surface area contributed by atoms with Crippen molar-refractivity contribution in [1.82, 2.24) is 4.98 Å². The van der Waals surface area contributed by atoms with Crippen LogP contribution in [0.1, 0.15) is 17.7 Å². The molecule has 2 bridgehead atoms. The summed E-state index contributed by atoms with van der Waals surface area (Å²) in [4.78, 5) is 16.0. The number of benzene rings is 1. The molecule has 3 atom stereocenters. The SMILES string of the molecule is C[N@@+]12CCc3c([nH]c4ccccc34)[C@](CO)(C(=O)O)[C@@H](CC1)/C(=C\CO)C2. The zero-order chi connectivity index (χ0) is 19.2. The second kappa shape index (κ2) is 6.48. The molecule has 0 aliphatic carbocycles. The van der Waals surface area contributed by atoms with Crippen molar-refractivity contribution in [2.24, 2.45) is 5.92 Å². The molecule has 5 rings (SSSR count). The average molecular weight is 371 g/mol. The Morgan fingerprint density at radius 1 is 1.33 bits per heavy atom. The van der Waals surface area contributed by atoms with E-state index in [9.17, 15) is 20.1 Å². The molecule has 0 amide bonds. The number of aliphatic hydroxyl groups is 2. The predicted molar refractivity (Wildman–Crippen MR) is 102 cm³/mol. The minimum Gasteiger partial charge on any atom is -0.480 e. The van der Waals surface area contributed by atoms with Crippen LogP contribution >= 0.6 is 0 Å². The van der Waals surface area contributed by atoms with Crippen LogP contribution in [0.3, 0.4) is 0 Å². The summed E-state index contributed by atoms with van der Waals surface area (Å²) in [5, 5.41) is 31.4. The van der Waals surface area contributed by atoms with Crippen LogP contribution in [0.15, 0.2) is 35.9 Å². The summed E-state index contributed by atoms with van der Waals surface area (Å²) in [6.07, 6.45) is 3.18. The van der Waals surface area contributed by atoms with Gasteiger partial charge in [0, 0.05) is 35.4 Å². The lowest BCUT2D eigenvalue weighted by molar-refractivity contribution is -0.909. The molecule has 0 spiro atoms. The molecule has 0 radical (unpaired) electrons. The highest BCUT2D eigenvalue weighted by atomic mass is 16.4. The van der Waals surface area contributed by atoms with Gasteiger partial charge in [-0.3, -0.25) is 4.79 Å². The van der Waals surface area contributed by atoms with Crippen molar-refractivity contribution in [3.8, 4) is 0 Å². The summed E-state index contributed by atoms with van der Waals surface area (Å²) in [7, 11) is 2.20. The maximum atomic E-state index is 12.7. The topological polar surface area (TPSA) is 93.5 Å². The number of rotatable bonds is 3. The number of nitrogens with zero attached hydrogens (tertiary/aromatic N) is 1. The fourth-order valence-corrected chi connectivity index (χ4v) is 5.24. The number of carboxylic acid groups (broad SMARTS) is 1. The number of hydrogen-bond donors (Lipinski definition) is 4. The molecule has 1 fully saturated rings. The van der Waals surface area contributed by atoms with Crippen molar-refractivity contribution in [1.29, 1.82) is 0 Å². The van der Waals surface area contributed by atoms with Gasteiger partial charge in [-0.15, -0.1) is 0 Å². The minimum absolute atomic E-state index is 0.119. The number of quaternary nitrogens is 1. The zero-order valence-corrected chi connectivity index (χ0v) is 15.6. The fourth-order valence-electron chi connectivity index (χ4n) is 5.24. The molecule has 3 aliphatic rings. The van der Waals surface area contributed by atoms with Crippen LogP contribution in [0.4, 0.5) is 0 Å². The molecule has 1 aromatic carbocycles. The quantitative estimate of drug-likeness (QED) is 0.485. The number of para-hydroxylation sites is 1. The molecular formula is C21H27N2O4+. The maximum Gasteiger partial charge on any atom is 0.318 e. The van der Waals surface area contributed by atoms with Crippen molar-refractivity contribution in [2.45, 2.75) is 18.3 Å². The van der Waals surface area contributed by atoms with Gasteiger partial charge in [0.05, 0.1) is 33.4 Å². The van der Waals surface area contributed by atoms with Crippen LogP contribution in [0.5, 0.6) is 0 Å². The number of likely N-dealkylation sites (N-methyl/N-ethyl adjacent to an activating group) is 1. The molecule has 4 heterocycles. The van der Waals surface area contributed by atoms with Gasteiger partial charge in [-0.2, -0.15) is 0 Å². The third-order valence-corrected chi connectivity index (χ3v) is 6.71. The molecule has 2 aromatic rings. The van der Waals surface area contributed by atoms with Gasteiger partial charge in [0.2, 0.25) is 0 Å². The first-order chi connectivity index (χ1) is 12.9.